The average Bonchev–Trinajstić information content (AvgIpc) is 2.59. The first-order valence-corrected chi connectivity index (χ1v) is 3.97. The molecule has 1 rings (SSSR count). The lowest BCUT2D eigenvalue weighted by Crippen LogP contribution is -2.41. The van der Waals surface area contributed by atoms with Crippen molar-refractivity contribution in [1.29, 1.82) is 0 Å². The van der Waals surface area contributed by atoms with Crippen LogP contribution in [0.5, 0.6) is 0 Å². The van der Waals surface area contributed by atoms with Crippen LogP contribution in [0.15, 0.2) is 6.20 Å². The maximum absolute atomic E-state index is 13.0. The van der Waals surface area contributed by atoms with Gasteiger partial charge in [-0.2, -0.15) is 18.6 Å². The van der Waals surface area contributed by atoms with Gasteiger partial charge in [0, 0.05) is 0 Å². The third kappa shape index (κ3) is 2.19. The summed E-state index contributed by atoms with van der Waals surface area (Å²) >= 11 is 0. The fourth-order valence-electron chi connectivity index (χ4n) is 1.02. The number of carbonyl (C=O) groups is 1. The summed E-state index contributed by atoms with van der Waals surface area (Å²) in [6.07, 6.45) is -8.01. The standard InChI is InChI=1S/C7H4F6N2O2/c8-2-1-14-15(3(2)6(16)17)7(12,13)4(9)5(10)11/h1,4-5H,(H,16,17). The molecule has 1 atom stereocenters. The van der Waals surface area contributed by atoms with E-state index >= 15 is 0 Å². The van der Waals surface area contributed by atoms with Crippen LogP contribution in [0.4, 0.5) is 26.3 Å². The van der Waals surface area contributed by atoms with Crippen molar-refractivity contribution >= 4 is 5.97 Å². The Morgan fingerprint density at radius 3 is 2.35 bits per heavy atom. The van der Waals surface area contributed by atoms with Gasteiger partial charge in [0.15, 0.2) is 11.5 Å². The van der Waals surface area contributed by atoms with Crippen molar-refractivity contribution in [2.75, 3.05) is 0 Å². The molecule has 1 N–H and O–H groups in total. The minimum atomic E-state index is -4.97. The summed E-state index contributed by atoms with van der Waals surface area (Å²) in [5.41, 5.74) is -1.70. The summed E-state index contributed by atoms with van der Waals surface area (Å²) in [6.45, 7) is 0. The number of rotatable bonds is 4. The molecule has 0 saturated heterocycles. The van der Waals surface area contributed by atoms with Gasteiger partial charge in [-0.15, -0.1) is 0 Å². The van der Waals surface area contributed by atoms with Crippen LogP contribution in [0.1, 0.15) is 10.5 Å². The Hall–Kier alpha value is -1.74. The molecule has 0 aliphatic heterocycles. The van der Waals surface area contributed by atoms with E-state index in [0.29, 0.717) is 0 Å². The lowest BCUT2D eigenvalue weighted by molar-refractivity contribution is -0.190. The Morgan fingerprint density at radius 2 is 1.94 bits per heavy atom. The zero-order chi connectivity index (χ0) is 13.4. The van der Waals surface area contributed by atoms with E-state index in [2.05, 4.69) is 5.10 Å². The summed E-state index contributed by atoms with van der Waals surface area (Å²) in [5, 5.41) is 10.9. The Morgan fingerprint density at radius 1 is 1.41 bits per heavy atom. The molecular formula is C7H4F6N2O2. The van der Waals surface area contributed by atoms with E-state index in [1.807, 2.05) is 0 Å². The molecule has 0 amide bonds. The van der Waals surface area contributed by atoms with Crippen LogP contribution in [0.2, 0.25) is 0 Å². The van der Waals surface area contributed by atoms with Gasteiger partial charge in [-0.3, -0.25) is 0 Å². The molecule has 1 aromatic rings. The highest BCUT2D eigenvalue weighted by Gasteiger charge is 2.51. The summed E-state index contributed by atoms with van der Waals surface area (Å²) in [7, 11) is 0. The maximum Gasteiger partial charge on any atom is 0.381 e. The van der Waals surface area contributed by atoms with Gasteiger partial charge in [0.1, 0.15) is 0 Å². The molecule has 1 heterocycles. The van der Waals surface area contributed by atoms with Gasteiger partial charge < -0.3 is 5.11 Å². The summed E-state index contributed by atoms with van der Waals surface area (Å²) in [4.78, 5) is 10.4. The van der Waals surface area contributed by atoms with E-state index < -0.39 is 40.8 Å². The van der Waals surface area contributed by atoms with Crippen molar-refractivity contribution in [2.24, 2.45) is 0 Å². The highest BCUT2D eigenvalue weighted by atomic mass is 19.3. The molecule has 0 spiro atoms. The quantitative estimate of drug-likeness (QED) is 0.843. The Balaban J connectivity index is 3.28. The molecule has 0 saturated carbocycles. The Bertz CT molecular complexity index is 432. The second-order valence-electron chi connectivity index (χ2n) is 2.88. The molecule has 0 aliphatic carbocycles. The normalized spacial score (nSPS) is 14.1. The van der Waals surface area contributed by atoms with Crippen LogP contribution < -0.4 is 0 Å². The number of alkyl halides is 5. The van der Waals surface area contributed by atoms with Crippen LogP contribution >= 0.6 is 0 Å². The van der Waals surface area contributed by atoms with Crippen molar-refractivity contribution in [3.05, 3.63) is 17.7 Å². The van der Waals surface area contributed by atoms with E-state index in [0.717, 1.165) is 0 Å². The van der Waals surface area contributed by atoms with Gasteiger partial charge in [-0.1, -0.05) is 0 Å². The first-order valence-electron chi connectivity index (χ1n) is 3.97. The fourth-order valence-corrected chi connectivity index (χ4v) is 1.02. The van der Waals surface area contributed by atoms with E-state index in [1.165, 1.54) is 0 Å². The van der Waals surface area contributed by atoms with Crippen LogP contribution in [-0.2, 0) is 6.05 Å². The van der Waals surface area contributed by atoms with Crippen molar-refractivity contribution in [3.8, 4) is 0 Å². The first kappa shape index (κ1) is 13.3. The van der Waals surface area contributed by atoms with E-state index in [-0.39, 0.29) is 6.20 Å². The van der Waals surface area contributed by atoms with Gasteiger partial charge in [0.25, 0.3) is 6.43 Å². The zero-order valence-corrected chi connectivity index (χ0v) is 7.75. The summed E-state index contributed by atoms with van der Waals surface area (Å²) in [6, 6.07) is -4.97. The number of aromatic carboxylic acids is 1. The molecule has 0 radical (unpaired) electrons. The third-order valence-electron chi connectivity index (χ3n) is 1.76. The van der Waals surface area contributed by atoms with E-state index in [1.54, 1.807) is 0 Å². The Labute approximate surface area is 89.4 Å². The SMILES string of the molecule is O=C(O)c1c(F)cnn1C(F)(F)C(F)C(F)F. The van der Waals surface area contributed by atoms with Crippen molar-refractivity contribution in [2.45, 2.75) is 18.6 Å². The van der Waals surface area contributed by atoms with E-state index in [4.69, 9.17) is 5.11 Å². The second kappa shape index (κ2) is 4.26. The van der Waals surface area contributed by atoms with Gasteiger partial charge >= 0.3 is 12.0 Å². The maximum atomic E-state index is 13.0. The minimum absolute atomic E-state index is 0.0650. The van der Waals surface area contributed by atoms with Gasteiger partial charge in [-0.25, -0.2) is 22.4 Å². The molecule has 4 nitrogen and oxygen atoms in total. The van der Waals surface area contributed by atoms with Crippen LogP contribution in [-0.4, -0.2) is 33.5 Å². The molecule has 1 aromatic heterocycles. The molecular weight excluding hydrogens is 258 g/mol. The lowest BCUT2D eigenvalue weighted by atomic mass is 10.3. The number of aromatic nitrogens is 2. The first-order chi connectivity index (χ1) is 7.69. The van der Waals surface area contributed by atoms with Crippen molar-refractivity contribution < 1.29 is 36.2 Å². The smallest absolute Gasteiger partial charge is 0.381 e. The van der Waals surface area contributed by atoms with E-state index in [9.17, 15) is 31.1 Å². The summed E-state index contributed by atoms with van der Waals surface area (Å²) in [5.74, 6) is -3.86. The molecule has 17 heavy (non-hydrogen) atoms. The second-order valence-corrected chi connectivity index (χ2v) is 2.88. The number of carboxylic acids is 1. The van der Waals surface area contributed by atoms with Crippen LogP contribution in [0.3, 0.4) is 0 Å². The van der Waals surface area contributed by atoms with Gasteiger partial charge in [0.2, 0.25) is 6.17 Å². The van der Waals surface area contributed by atoms with Crippen LogP contribution in [0, 0.1) is 5.82 Å². The monoisotopic (exact) mass is 262 g/mol. The van der Waals surface area contributed by atoms with Crippen molar-refractivity contribution in [3.63, 3.8) is 0 Å². The molecule has 96 valence electrons. The number of nitrogens with zero attached hydrogens (tertiary/aromatic N) is 2. The molecule has 0 bridgehead atoms. The van der Waals surface area contributed by atoms with Crippen molar-refractivity contribution in [1.82, 2.24) is 9.78 Å². The molecule has 10 heteroatoms. The molecule has 1 unspecified atom stereocenters. The highest BCUT2D eigenvalue weighted by Crippen LogP contribution is 2.32. The van der Waals surface area contributed by atoms with Crippen LogP contribution in [0.25, 0.3) is 0 Å². The average molecular weight is 262 g/mol. The number of carboxylic acid groups (broad SMARTS) is 1. The number of halogens is 6. The Kier molecular flexibility index (Phi) is 3.34. The van der Waals surface area contributed by atoms with Gasteiger partial charge in [0.05, 0.1) is 6.20 Å². The number of hydrogen-bond donors (Lipinski definition) is 1. The zero-order valence-electron chi connectivity index (χ0n) is 7.75. The minimum Gasteiger partial charge on any atom is -0.476 e. The molecule has 0 aliphatic rings. The topological polar surface area (TPSA) is 55.1 Å². The third-order valence-corrected chi connectivity index (χ3v) is 1.76. The summed E-state index contributed by atoms with van der Waals surface area (Å²) < 4.78 is 74.1. The molecule has 0 aromatic carbocycles. The predicted molar refractivity (Wildman–Crippen MR) is 40.2 cm³/mol. The number of hydrogen-bond acceptors (Lipinski definition) is 2. The predicted octanol–water partition coefficient (Wildman–Crippen LogP) is 1.87. The largest absolute Gasteiger partial charge is 0.476 e. The fraction of sp³-hybridized carbons (Fsp3) is 0.429. The lowest BCUT2D eigenvalue weighted by Gasteiger charge is -2.21. The van der Waals surface area contributed by atoms with Gasteiger partial charge in [-0.05, 0) is 0 Å². The highest BCUT2D eigenvalue weighted by molar-refractivity contribution is 5.85. The molecule has 0 fully saturated rings.